The fourth-order valence-corrected chi connectivity index (χ4v) is 3.11. The van der Waals surface area contributed by atoms with Crippen LogP contribution in [0.3, 0.4) is 0 Å². The van der Waals surface area contributed by atoms with Gasteiger partial charge < -0.3 is 10.2 Å². The highest BCUT2D eigenvalue weighted by atomic mass is 35.5. The number of nitrogens with one attached hydrogen (secondary N) is 1. The first kappa shape index (κ1) is 16.4. The normalized spacial score (nSPS) is 15.0. The lowest BCUT2D eigenvalue weighted by Crippen LogP contribution is -2.49. The van der Waals surface area contributed by atoms with Crippen LogP contribution in [0.4, 0.5) is 4.79 Å². The maximum Gasteiger partial charge on any atom is 0.327 e. The molecule has 1 fully saturated rings. The Hall–Kier alpha value is -1.94. The Morgan fingerprint density at radius 3 is 2.82 bits per heavy atom. The number of carbonyl (C=O) groups excluding carboxylic acids is 1. The summed E-state index contributed by atoms with van der Waals surface area (Å²) in [5.74, 6) is -0.119. The zero-order valence-corrected chi connectivity index (χ0v) is 13.4. The number of guanidine groups is 1. The van der Waals surface area contributed by atoms with Crippen LogP contribution < -0.4 is 5.32 Å². The van der Waals surface area contributed by atoms with Crippen LogP contribution in [0.1, 0.15) is 17.7 Å². The van der Waals surface area contributed by atoms with Gasteiger partial charge in [0, 0.05) is 31.2 Å². The number of amides is 2. The number of nitro groups is 1. The predicted octanol–water partition coefficient (Wildman–Crippen LogP) is 1.58. The van der Waals surface area contributed by atoms with Crippen molar-refractivity contribution in [1.82, 2.24) is 20.1 Å². The van der Waals surface area contributed by atoms with Gasteiger partial charge in [0.25, 0.3) is 5.96 Å². The second-order valence-electron chi connectivity index (χ2n) is 4.55. The lowest BCUT2D eigenvalue weighted by Gasteiger charge is -2.26. The van der Waals surface area contributed by atoms with E-state index in [0.717, 1.165) is 12.8 Å². The standard InChI is InChI=1S/C11H15ClN6O3S/c1-13-10(15-18(20)21)17(7-8-6-14-9(12)22-8)11(19)16-4-2-3-5-16/h6H,2-5,7H2,1H3,(H,13,15). The van der Waals surface area contributed by atoms with Crippen LogP contribution in [0.25, 0.3) is 0 Å². The smallest absolute Gasteiger partial charge is 0.327 e. The van der Waals surface area contributed by atoms with E-state index in [9.17, 15) is 14.9 Å². The zero-order valence-electron chi connectivity index (χ0n) is 11.9. The molecule has 0 unspecified atom stereocenters. The lowest BCUT2D eigenvalue weighted by atomic mass is 10.4. The molecule has 0 radical (unpaired) electrons. The van der Waals surface area contributed by atoms with E-state index in [4.69, 9.17) is 11.6 Å². The maximum atomic E-state index is 12.6. The monoisotopic (exact) mass is 346 g/mol. The fraction of sp³-hybridized carbons (Fsp3) is 0.545. The van der Waals surface area contributed by atoms with Gasteiger partial charge in [0.1, 0.15) is 5.10 Å². The van der Waals surface area contributed by atoms with Crippen molar-refractivity contribution >= 4 is 34.9 Å². The number of halogens is 1. The zero-order chi connectivity index (χ0) is 16.1. The first-order valence-corrected chi connectivity index (χ1v) is 7.78. The third-order valence-electron chi connectivity index (χ3n) is 3.10. The Bertz CT molecular complexity index is 586. The topological polar surface area (TPSA) is 104 Å². The molecule has 11 heteroatoms. The van der Waals surface area contributed by atoms with E-state index < -0.39 is 5.03 Å². The lowest BCUT2D eigenvalue weighted by molar-refractivity contribution is -0.485. The molecule has 1 N–H and O–H groups in total. The third-order valence-corrected chi connectivity index (χ3v) is 4.20. The number of hydrogen-bond acceptors (Lipinski definition) is 5. The van der Waals surface area contributed by atoms with Crippen molar-refractivity contribution in [2.75, 3.05) is 20.1 Å². The van der Waals surface area contributed by atoms with Crippen LogP contribution in [0.2, 0.25) is 4.47 Å². The molecule has 0 spiro atoms. The average Bonchev–Trinajstić information content (AvgIpc) is 3.13. The number of thiazole rings is 1. The molecule has 0 aromatic carbocycles. The van der Waals surface area contributed by atoms with E-state index in [1.165, 1.54) is 29.5 Å². The summed E-state index contributed by atoms with van der Waals surface area (Å²) in [5.41, 5.74) is 0. The number of aromatic nitrogens is 1. The molecule has 0 atom stereocenters. The van der Waals surface area contributed by atoms with Gasteiger partial charge >= 0.3 is 6.03 Å². The number of carbonyl (C=O) groups is 1. The van der Waals surface area contributed by atoms with E-state index in [1.54, 1.807) is 4.90 Å². The van der Waals surface area contributed by atoms with Gasteiger partial charge in [-0.15, -0.1) is 11.3 Å². The van der Waals surface area contributed by atoms with Crippen molar-refractivity contribution in [3.63, 3.8) is 0 Å². The number of hydrazone groups is 1. The summed E-state index contributed by atoms with van der Waals surface area (Å²) in [7, 11) is 1.48. The predicted molar refractivity (Wildman–Crippen MR) is 82.4 cm³/mol. The van der Waals surface area contributed by atoms with Crippen LogP contribution in [0.15, 0.2) is 11.3 Å². The molecule has 2 amide bonds. The Morgan fingerprint density at radius 2 is 2.32 bits per heavy atom. The number of urea groups is 1. The molecule has 120 valence electrons. The average molecular weight is 347 g/mol. The Morgan fingerprint density at radius 1 is 1.64 bits per heavy atom. The van der Waals surface area contributed by atoms with Crippen LogP contribution in [0, 0.1) is 10.1 Å². The van der Waals surface area contributed by atoms with E-state index in [1.807, 2.05) is 0 Å². The molecule has 0 bridgehead atoms. The van der Waals surface area contributed by atoms with Gasteiger partial charge in [0.2, 0.25) is 0 Å². The number of hydrogen-bond donors (Lipinski definition) is 1. The Kier molecular flexibility index (Phi) is 5.50. The molecule has 2 heterocycles. The third kappa shape index (κ3) is 4.04. The van der Waals surface area contributed by atoms with Crippen molar-refractivity contribution in [1.29, 1.82) is 0 Å². The van der Waals surface area contributed by atoms with Gasteiger partial charge in [-0.2, -0.15) is 0 Å². The molecule has 9 nitrogen and oxygen atoms in total. The molecule has 1 aromatic rings. The van der Waals surface area contributed by atoms with E-state index in [2.05, 4.69) is 15.4 Å². The van der Waals surface area contributed by atoms with Crippen LogP contribution in [-0.2, 0) is 6.54 Å². The highest BCUT2D eigenvalue weighted by molar-refractivity contribution is 7.15. The number of rotatable bonds is 3. The highest BCUT2D eigenvalue weighted by Gasteiger charge is 2.29. The molecular weight excluding hydrogens is 332 g/mol. The summed E-state index contributed by atoms with van der Waals surface area (Å²) in [4.78, 5) is 30.8. The molecule has 22 heavy (non-hydrogen) atoms. The first-order valence-electron chi connectivity index (χ1n) is 6.58. The van der Waals surface area contributed by atoms with Gasteiger partial charge in [0.15, 0.2) is 9.50 Å². The van der Waals surface area contributed by atoms with E-state index in [-0.39, 0.29) is 18.5 Å². The molecular formula is C11H15ClN6O3S. The second-order valence-corrected chi connectivity index (χ2v) is 6.25. The molecule has 1 aromatic heterocycles. The molecule has 1 aliphatic heterocycles. The summed E-state index contributed by atoms with van der Waals surface area (Å²) in [6.07, 6.45) is 3.39. The number of likely N-dealkylation sites (tertiary alicyclic amines) is 1. The minimum Gasteiger partial charge on any atom is -0.354 e. The van der Waals surface area contributed by atoms with Gasteiger partial charge in [0.05, 0.1) is 6.54 Å². The van der Waals surface area contributed by atoms with E-state index >= 15 is 0 Å². The Balaban J connectivity index is 2.25. The molecule has 0 saturated carbocycles. The van der Waals surface area contributed by atoms with Crippen molar-refractivity contribution < 1.29 is 9.83 Å². The van der Waals surface area contributed by atoms with Crippen LogP contribution in [0.5, 0.6) is 0 Å². The minimum absolute atomic E-state index is 0.118. The SMILES string of the molecule is CN/C(=N\[N+](=O)[O-])N(Cc1cnc(Cl)s1)C(=O)N1CCCC1. The fourth-order valence-electron chi connectivity index (χ4n) is 2.14. The van der Waals surface area contributed by atoms with Gasteiger partial charge in [-0.05, 0) is 12.8 Å². The van der Waals surface area contributed by atoms with Crippen molar-refractivity contribution in [3.05, 3.63) is 25.7 Å². The highest BCUT2D eigenvalue weighted by Crippen LogP contribution is 2.21. The molecule has 1 aliphatic rings. The largest absolute Gasteiger partial charge is 0.354 e. The van der Waals surface area contributed by atoms with Crippen LogP contribution >= 0.6 is 22.9 Å². The minimum atomic E-state index is -0.838. The second kappa shape index (κ2) is 7.36. The molecule has 1 saturated heterocycles. The van der Waals surface area contributed by atoms with Gasteiger partial charge in [-0.25, -0.2) is 19.9 Å². The van der Waals surface area contributed by atoms with Crippen LogP contribution in [-0.4, -0.2) is 51.9 Å². The van der Waals surface area contributed by atoms with Crippen molar-refractivity contribution in [2.24, 2.45) is 5.10 Å². The van der Waals surface area contributed by atoms with Crippen molar-refractivity contribution in [2.45, 2.75) is 19.4 Å². The number of nitrogens with zero attached hydrogens (tertiary/aromatic N) is 5. The van der Waals surface area contributed by atoms with E-state index in [0.29, 0.717) is 22.4 Å². The van der Waals surface area contributed by atoms with Gasteiger partial charge in [-0.1, -0.05) is 11.6 Å². The summed E-state index contributed by atoms with van der Waals surface area (Å²) < 4.78 is 0.348. The summed E-state index contributed by atoms with van der Waals surface area (Å²) in [5, 5.41) is 15.7. The summed E-state index contributed by atoms with van der Waals surface area (Å²) in [6.45, 7) is 1.38. The molecule has 0 aliphatic carbocycles. The summed E-state index contributed by atoms with van der Waals surface area (Å²) in [6, 6.07) is -0.322. The first-order chi connectivity index (χ1) is 10.5. The quantitative estimate of drug-likeness (QED) is 0.387. The maximum absolute atomic E-state index is 12.6. The van der Waals surface area contributed by atoms with Gasteiger partial charge in [-0.3, -0.25) is 4.90 Å². The Labute approximate surface area is 135 Å². The summed E-state index contributed by atoms with van der Waals surface area (Å²) >= 11 is 7.00. The molecule has 2 rings (SSSR count). The van der Waals surface area contributed by atoms with Crippen molar-refractivity contribution in [3.8, 4) is 0 Å².